The van der Waals surface area contributed by atoms with Crippen molar-refractivity contribution in [3.63, 3.8) is 0 Å². The van der Waals surface area contributed by atoms with Crippen molar-refractivity contribution in [1.82, 2.24) is 0 Å². The Morgan fingerprint density at radius 2 is 1.24 bits per heavy atom. The fourth-order valence-corrected chi connectivity index (χ4v) is 2.42. The van der Waals surface area contributed by atoms with Crippen LogP contribution in [0.5, 0.6) is 0 Å². The highest BCUT2D eigenvalue weighted by Gasteiger charge is 2.13. The molecule has 0 aliphatic rings. The molecule has 0 aromatic heterocycles. The molecule has 0 saturated carbocycles. The Bertz CT molecular complexity index is 621. The van der Waals surface area contributed by atoms with E-state index in [1.165, 1.54) is 38.7 Å². The third kappa shape index (κ3) is 3.31. The summed E-state index contributed by atoms with van der Waals surface area (Å²) in [5.41, 5.74) is 20.9. The van der Waals surface area contributed by atoms with Crippen molar-refractivity contribution in [2.75, 3.05) is 11.5 Å². The third-order valence-electron chi connectivity index (χ3n) is 3.88. The normalized spacial score (nSPS) is 9.71. The van der Waals surface area contributed by atoms with E-state index in [2.05, 4.69) is 39.8 Å². The van der Waals surface area contributed by atoms with E-state index in [4.69, 9.17) is 21.6 Å². The van der Waals surface area contributed by atoms with Crippen molar-refractivity contribution in [3.05, 3.63) is 51.4 Å². The summed E-state index contributed by atoms with van der Waals surface area (Å²) in [5.74, 6) is 0. The lowest BCUT2D eigenvalue weighted by molar-refractivity contribution is 0.312. The smallest absolute Gasteiger partial charge is 0.152 e. The van der Waals surface area contributed by atoms with Gasteiger partial charge in [0.05, 0.1) is 0 Å². The van der Waals surface area contributed by atoms with Crippen LogP contribution in [0.25, 0.3) is 11.1 Å². The average molecular weight is 287 g/mol. The zero-order chi connectivity index (χ0) is 16.2. The number of nitrogens with two attached hydrogens (primary N) is 2. The van der Waals surface area contributed by atoms with Gasteiger partial charge in [-0.3, -0.25) is 0 Å². The quantitative estimate of drug-likeness (QED) is 0.420. The number of rotatable bonds is 1. The zero-order valence-corrected chi connectivity index (χ0v) is 12.8. The van der Waals surface area contributed by atoms with Gasteiger partial charge in [-0.25, -0.2) is 0 Å². The van der Waals surface area contributed by atoms with Crippen molar-refractivity contribution >= 4 is 11.4 Å². The SMILES string of the molecule is Cc1c(C)c(-c2ccc(N)cc2)c(C)c(C)c1N.O=NO. The first-order valence-electron chi connectivity index (χ1n) is 6.53. The van der Waals surface area contributed by atoms with E-state index in [9.17, 15) is 0 Å². The minimum atomic E-state index is 0.790. The van der Waals surface area contributed by atoms with E-state index < -0.39 is 0 Å². The van der Waals surface area contributed by atoms with Crippen LogP contribution in [0.3, 0.4) is 0 Å². The van der Waals surface area contributed by atoms with Crippen LogP contribution in [0.1, 0.15) is 22.3 Å². The first-order chi connectivity index (χ1) is 9.84. The third-order valence-corrected chi connectivity index (χ3v) is 3.88. The Labute approximate surface area is 124 Å². The van der Waals surface area contributed by atoms with Gasteiger partial charge in [-0.1, -0.05) is 12.1 Å². The standard InChI is InChI=1S/C16H20N2.HNO2/c1-9-11(3)16(18)12(4)10(2)15(9)13-5-7-14(17)8-6-13;2-1-3/h5-8H,17-18H2,1-4H3;(H,2,3). The summed E-state index contributed by atoms with van der Waals surface area (Å²) >= 11 is 0. The van der Waals surface area contributed by atoms with Gasteiger partial charge in [-0.2, -0.15) is 0 Å². The van der Waals surface area contributed by atoms with Gasteiger partial charge in [0.25, 0.3) is 0 Å². The molecule has 0 heterocycles. The Kier molecular flexibility index (Phi) is 5.30. The van der Waals surface area contributed by atoms with Crippen molar-refractivity contribution in [1.29, 1.82) is 0 Å². The van der Waals surface area contributed by atoms with E-state index in [-0.39, 0.29) is 0 Å². The summed E-state index contributed by atoms with van der Waals surface area (Å²) in [4.78, 5) is 8.11. The fraction of sp³-hybridized carbons (Fsp3) is 0.250. The first kappa shape index (κ1) is 16.5. The maximum absolute atomic E-state index is 8.11. The molecule has 2 aromatic carbocycles. The lowest BCUT2D eigenvalue weighted by Crippen LogP contribution is -2.02. The Morgan fingerprint density at radius 3 is 1.62 bits per heavy atom. The van der Waals surface area contributed by atoms with Crippen molar-refractivity contribution in [2.45, 2.75) is 27.7 Å². The van der Waals surface area contributed by atoms with E-state index in [0.29, 0.717) is 0 Å². The Hall–Kier alpha value is -2.56. The summed E-state index contributed by atoms with van der Waals surface area (Å²) in [5, 5.41) is 7.89. The average Bonchev–Trinajstić information content (AvgIpc) is 2.46. The van der Waals surface area contributed by atoms with Gasteiger partial charge in [-0.05, 0) is 73.2 Å². The number of nitrogens with zero attached hydrogens (tertiary/aromatic N) is 1. The van der Waals surface area contributed by atoms with Crippen LogP contribution in [0.15, 0.2) is 29.6 Å². The Morgan fingerprint density at radius 1 is 0.857 bits per heavy atom. The van der Waals surface area contributed by atoms with E-state index in [1.807, 2.05) is 12.1 Å². The highest BCUT2D eigenvalue weighted by Crippen LogP contribution is 2.35. The second kappa shape index (κ2) is 6.74. The molecule has 0 fully saturated rings. The number of benzene rings is 2. The molecule has 0 saturated heterocycles. The molecule has 0 amide bonds. The highest BCUT2D eigenvalue weighted by atomic mass is 16.6. The molecule has 0 unspecified atom stereocenters. The fourth-order valence-electron chi connectivity index (χ4n) is 2.42. The predicted octanol–water partition coefficient (Wildman–Crippen LogP) is 3.89. The van der Waals surface area contributed by atoms with Gasteiger partial charge in [0.2, 0.25) is 0 Å². The number of hydrogen-bond acceptors (Lipinski definition) is 4. The molecule has 0 spiro atoms. The molecular formula is C16H21N3O2. The second-order valence-corrected chi connectivity index (χ2v) is 4.99. The van der Waals surface area contributed by atoms with Crippen molar-refractivity contribution in [2.24, 2.45) is 5.34 Å². The number of anilines is 2. The summed E-state index contributed by atoms with van der Waals surface area (Å²) in [6, 6.07) is 8.02. The molecule has 5 nitrogen and oxygen atoms in total. The maximum atomic E-state index is 8.11. The molecule has 2 rings (SSSR count). The molecule has 0 atom stereocenters. The van der Waals surface area contributed by atoms with Crippen molar-refractivity contribution < 1.29 is 5.21 Å². The van der Waals surface area contributed by atoms with Gasteiger partial charge in [0.1, 0.15) is 0 Å². The molecule has 5 N–H and O–H groups in total. The molecule has 5 heteroatoms. The van der Waals surface area contributed by atoms with E-state index in [1.54, 1.807) is 0 Å². The van der Waals surface area contributed by atoms with Crippen LogP contribution in [0.2, 0.25) is 0 Å². The summed E-state index contributed by atoms with van der Waals surface area (Å²) < 4.78 is 0. The van der Waals surface area contributed by atoms with Crippen LogP contribution in [0, 0.1) is 32.6 Å². The van der Waals surface area contributed by atoms with Crippen LogP contribution in [0.4, 0.5) is 11.4 Å². The lowest BCUT2D eigenvalue weighted by atomic mass is 9.88. The van der Waals surface area contributed by atoms with Gasteiger partial charge in [-0.15, -0.1) is 4.91 Å². The number of nitrogen functional groups attached to an aromatic ring is 2. The minimum absolute atomic E-state index is 0.790. The van der Waals surface area contributed by atoms with Crippen molar-refractivity contribution in [3.8, 4) is 11.1 Å². The molecule has 21 heavy (non-hydrogen) atoms. The van der Waals surface area contributed by atoms with Crippen LogP contribution in [-0.2, 0) is 0 Å². The van der Waals surface area contributed by atoms with Gasteiger partial charge < -0.3 is 16.7 Å². The largest absolute Gasteiger partial charge is 0.399 e. The van der Waals surface area contributed by atoms with Gasteiger partial charge in [0, 0.05) is 11.4 Å². The predicted molar refractivity (Wildman–Crippen MR) is 87.2 cm³/mol. The monoisotopic (exact) mass is 287 g/mol. The van der Waals surface area contributed by atoms with Gasteiger partial charge >= 0.3 is 0 Å². The molecule has 0 radical (unpaired) electrons. The van der Waals surface area contributed by atoms with Gasteiger partial charge in [0.15, 0.2) is 5.34 Å². The van der Waals surface area contributed by atoms with E-state index in [0.717, 1.165) is 11.4 Å². The molecule has 112 valence electrons. The molecule has 2 aromatic rings. The minimum Gasteiger partial charge on any atom is -0.399 e. The van der Waals surface area contributed by atoms with E-state index >= 15 is 0 Å². The van der Waals surface area contributed by atoms with Crippen LogP contribution < -0.4 is 11.5 Å². The first-order valence-corrected chi connectivity index (χ1v) is 6.53. The van der Waals surface area contributed by atoms with Crippen LogP contribution in [-0.4, -0.2) is 5.21 Å². The maximum Gasteiger partial charge on any atom is 0.152 e. The lowest BCUT2D eigenvalue weighted by Gasteiger charge is -2.18. The zero-order valence-electron chi connectivity index (χ0n) is 12.8. The summed E-state index contributed by atoms with van der Waals surface area (Å²) in [6.07, 6.45) is 0. The molecule has 0 aliphatic carbocycles. The topological polar surface area (TPSA) is 102 Å². The molecular weight excluding hydrogens is 266 g/mol. The molecule has 0 aliphatic heterocycles. The molecule has 0 bridgehead atoms. The second-order valence-electron chi connectivity index (χ2n) is 4.99. The number of hydrogen-bond donors (Lipinski definition) is 3. The van der Waals surface area contributed by atoms with Crippen LogP contribution >= 0.6 is 0 Å². The summed E-state index contributed by atoms with van der Waals surface area (Å²) in [6.45, 7) is 8.42. The summed E-state index contributed by atoms with van der Waals surface area (Å²) in [7, 11) is 0. The Balaban J connectivity index is 0.000000677. The highest BCUT2D eigenvalue weighted by molar-refractivity contribution is 5.78.